The lowest BCUT2D eigenvalue weighted by Crippen LogP contribution is -2.33. The highest BCUT2D eigenvalue weighted by Crippen LogP contribution is 2.54. The van der Waals surface area contributed by atoms with Crippen molar-refractivity contribution < 1.29 is 93.5 Å². The number of rotatable bonds is 27. The van der Waals surface area contributed by atoms with Crippen LogP contribution in [0.2, 0.25) is 0 Å². The minimum absolute atomic E-state index is 0.00853. The summed E-state index contributed by atoms with van der Waals surface area (Å²) in [5.74, 6) is -1.79. The summed E-state index contributed by atoms with van der Waals surface area (Å²) in [7, 11) is -24.7. The zero-order valence-electron chi connectivity index (χ0n) is 41.8. The summed E-state index contributed by atoms with van der Waals surface area (Å²) in [6, 6.07) is 8.74. The molecule has 1 N–H and O–H groups in total. The second-order valence-electron chi connectivity index (χ2n) is 18.5. The Balaban J connectivity index is 1.53. The minimum atomic E-state index is -5.38. The van der Waals surface area contributed by atoms with Gasteiger partial charge in [0.1, 0.15) is 47.0 Å². The predicted octanol–water partition coefficient (Wildman–Crippen LogP) is 4.80. The molecule has 76 heavy (non-hydrogen) atoms. The number of hydrogen-bond donors (Lipinski definition) is 1. The molecule has 0 fully saturated rings. The first-order chi connectivity index (χ1) is 35.4. The number of benzene rings is 4. The van der Waals surface area contributed by atoms with E-state index in [9.17, 15) is 74.8 Å². The number of allylic oxidation sites excluding steroid dienone is 6. The van der Waals surface area contributed by atoms with E-state index in [1.807, 2.05) is 4.58 Å². The van der Waals surface area contributed by atoms with Crippen molar-refractivity contribution in [2.24, 2.45) is 0 Å². The fourth-order valence-electron chi connectivity index (χ4n) is 10.2. The van der Waals surface area contributed by atoms with Crippen molar-refractivity contribution in [3.63, 3.8) is 0 Å². The highest BCUT2D eigenvalue weighted by molar-refractivity contribution is 7.87. The second kappa shape index (κ2) is 23.5. The van der Waals surface area contributed by atoms with Crippen molar-refractivity contribution in [2.45, 2.75) is 96.1 Å². The van der Waals surface area contributed by atoms with Gasteiger partial charge in [-0.25, -0.2) is 42.1 Å². The van der Waals surface area contributed by atoms with Crippen molar-refractivity contribution in [1.29, 1.82) is 0 Å². The summed E-state index contributed by atoms with van der Waals surface area (Å²) in [5, 5.41) is 8.87. The van der Waals surface area contributed by atoms with E-state index in [0.29, 0.717) is 73.0 Å². The summed E-state index contributed by atoms with van der Waals surface area (Å²) < 4.78 is 205. The lowest BCUT2D eigenvalue weighted by molar-refractivity contribution is -0.438. The Labute approximate surface area is 442 Å². The van der Waals surface area contributed by atoms with E-state index >= 15 is 0 Å². The van der Waals surface area contributed by atoms with E-state index in [0.717, 1.165) is 12.1 Å². The molecule has 2 atom stereocenters. The molecule has 0 saturated heterocycles. The van der Waals surface area contributed by atoms with Crippen LogP contribution in [0, 0.1) is 0 Å². The van der Waals surface area contributed by atoms with Crippen molar-refractivity contribution in [3.8, 4) is 0 Å². The number of anilines is 1. The van der Waals surface area contributed by atoms with Gasteiger partial charge in [0.25, 0.3) is 0 Å². The van der Waals surface area contributed by atoms with Crippen molar-refractivity contribution in [2.75, 3.05) is 63.9 Å². The van der Waals surface area contributed by atoms with Crippen LogP contribution in [0.15, 0.2) is 104 Å². The first-order valence-corrected chi connectivity index (χ1v) is 30.9. The molecule has 22 nitrogen and oxygen atoms in total. The van der Waals surface area contributed by atoms with Crippen LogP contribution in [0.4, 0.5) is 11.4 Å². The Morgan fingerprint density at radius 1 is 0.645 bits per heavy atom. The normalized spacial score (nSPS) is 19.1. The average molecular weight is 1150 g/mol. The van der Waals surface area contributed by atoms with Crippen LogP contribution >= 0.6 is 0 Å². The molecule has 0 aliphatic carbocycles. The second-order valence-corrected chi connectivity index (χ2v) is 25.5. The number of hydrogen-bond acceptors (Lipinski definition) is 20. The molecule has 4 aromatic carbocycles. The molecule has 2 aliphatic rings. The van der Waals surface area contributed by atoms with Crippen molar-refractivity contribution in [1.82, 2.24) is 0 Å². The molecule has 0 amide bonds. The highest BCUT2D eigenvalue weighted by Gasteiger charge is 2.49. The summed E-state index contributed by atoms with van der Waals surface area (Å²) in [6.07, 6.45) is 9.23. The molecule has 6 rings (SSSR count). The molecule has 0 spiro atoms. The molecular weight excluding hydrogens is 1100 g/mol. The van der Waals surface area contributed by atoms with Crippen LogP contribution in [0.25, 0.3) is 21.5 Å². The Morgan fingerprint density at radius 3 is 1.75 bits per heavy atom. The summed E-state index contributed by atoms with van der Waals surface area (Å²) in [4.78, 5) is 9.31. The van der Waals surface area contributed by atoms with E-state index in [2.05, 4.69) is 0 Å². The molecule has 4 aromatic rings. The van der Waals surface area contributed by atoms with Gasteiger partial charge >= 0.3 is 5.97 Å². The number of nitrogens with zero attached hydrogens (tertiary/aromatic N) is 2. The maximum atomic E-state index is 12.7. The number of carboxylic acids is 1. The van der Waals surface area contributed by atoms with Gasteiger partial charge < -0.3 is 47.0 Å². The Bertz CT molecular complexity index is 3630. The Hall–Kier alpha value is -5.01. The molecule has 416 valence electrons. The van der Waals surface area contributed by atoms with Gasteiger partial charge in [0.2, 0.25) is 5.69 Å². The standard InChI is InChI=1S/C49H60N2O20S5/c1-5-50-39-18-16-35-37(29-33(73(57,58)59)31-41(35)75(63,64)65)46(39)48(2,20-12-28-72(54,55)56)43(50)13-8-6-9-14-44-49(3,21-23-70-26-27-71-25-24-69-4)47-38-30-34(74(60,61)62)32-42(76(66,67)68)36(38)17-19-40(47)51(44)22-11-7-10-15-45(52)53/h6,8-9,13-14,16-19,29-32H,5,7,10-12,15,20-28H2,1-4H3,(H5-,52,53,54,55,56,57,58,59,60,61,62,63,64,65,66,67,68)/p-4. The Kier molecular flexibility index (Phi) is 18.6. The SMILES string of the molecule is CCN1C(=CC=CC=CC2=[N+](CCCCCC(=O)O)c3ccc4c(S(=O)(=O)[O-])cc(S(=O)(=O)[O-])cc4c3C2(C)CCOCCOCCOC)C(C)(CCCS(=O)(=O)[O-])c2c1ccc1c(S(=O)(=O)[O-])cc(S(=O)(=O)[O-])cc21. The first-order valence-electron chi connectivity index (χ1n) is 23.7. The number of carbonyl (C=O) groups is 1. The van der Waals surface area contributed by atoms with Gasteiger partial charge in [-0.3, -0.25) is 4.79 Å². The number of methoxy groups -OCH3 is 1. The maximum Gasteiger partial charge on any atom is 0.303 e. The van der Waals surface area contributed by atoms with Crippen molar-refractivity contribution >= 4 is 95.2 Å². The van der Waals surface area contributed by atoms with Gasteiger partial charge in [-0.1, -0.05) is 24.3 Å². The smallest absolute Gasteiger partial charge is 0.303 e. The summed E-state index contributed by atoms with van der Waals surface area (Å²) in [6.45, 7) is 6.75. The quantitative estimate of drug-likeness (QED) is 0.0362. The number of unbranched alkanes of at least 4 members (excludes halogenated alkanes) is 2. The van der Waals surface area contributed by atoms with Gasteiger partial charge in [-0.05, 0) is 117 Å². The number of ether oxygens (including phenoxy) is 3. The van der Waals surface area contributed by atoms with E-state index in [1.165, 1.54) is 25.3 Å². The third-order valence-electron chi connectivity index (χ3n) is 13.6. The van der Waals surface area contributed by atoms with Crippen LogP contribution in [0.5, 0.6) is 0 Å². The van der Waals surface area contributed by atoms with Gasteiger partial charge in [0.15, 0.2) is 5.71 Å². The van der Waals surface area contributed by atoms with E-state index in [1.54, 1.807) is 62.1 Å². The van der Waals surface area contributed by atoms with Crippen LogP contribution < -0.4 is 4.90 Å². The third kappa shape index (κ3) is 13.4. The molecule has 0 bridgehead atoms. The van der Waals surface area contributed by atoms with E-state index in [-0.39, 0.29) is 85.7 Å². The van der Waals surface area contributed by atoms with Gasteiger partial charge in [-0.2, -0.15) is 4.58 Å². The lowest BCUT2D eigenvalue weighted by atomic mass is 9.75. The number of carboxylic acid groups (broad SMARTS) is 1. The molecule has 2 aliphatic heterocycles. The van der Waals surface area contributed by atoms with Crippen LogP contribution in [0.3, 0.4) is 0 Å². The molecule has 27 heteroatoms. The van der Waals surface area contributed by atoms with Gasteiger partial charge in [0, 0.05) is 78.7 Å². The van der Waals surface area contributed by atoms with Crippen LogP contribution in [-0.2, 0) is 80.4 Å². The topological polar surface area (TPSA) is 357 Å². The predicted molar refractivity (Wildman–Crippen MR) is 272 cm³/mol. The van der Waals surface area contributed by atoms with Crippen LogP contribution in [0.1, 0.15) is 76.8 Å². The fraction of sp³-hybridized carbons (Fsp3) is 0.429. The summed E-state index contributed by atoms with van der Waals surface area (Å²) in [5.41, 5.74) is -0.0379. The largest absolute Gasteiger partial charge is 0.748 e. The fourth-order valence-corrected chi connectivity index (χ4v) is 13.3. The molecular formula is C49H56N2O20S5-4. The molecule has 0 radical (unpaired) electrons. The lowest BCUT2D eigenvalue weighted by Gasteiger charge is -2.30. The first kappa shape index (κ1) is 60.2. The molecule has 2 unspecified atom stereocenters. The zero-order chi connectivity index (χ0) is 56.2. The molecule has 0 aromatic heterocycles. The van der Waals surface area contributed by atoms with E-state index < -0.39 is 92.7 Å². The Morgan fingerprint density at radius 2 is 1.21 bits per heavy atom. The van der Waals surface area contributed by atoms with Gasteiger partial charge in [0.05, 0.1) is 61.5 Å². The molecule has 2 heterocycles. The number of fused-ring (bicyclic) bond motifs is 6. The third-order valence-corrected chi connectivity index (χ3v) is 17.7. The highest BCUT2D eigenvalue weighted by atomic mass is 32.2. The minimum Gasteiger partial charge on any atom is -0.748 e. The number of aliphatic carboxylic acids is 1. The average Bonchev–Trinajstić information content (AvgIpc) is 3.70. The summed E-state index contributed by atoms with van der Waals surface area (Å²) >= 11 is 0. The van der Waals surface area contributed by atoms with Crippen molar-refractivity contribution in [3.05, 3.63) is 95.7 Å². The zero-order valence-corrected chi connectivity index (χ0v) is 45.8. The number of likely N-dealkylation sites (N-methyl/N-ethyl adjacent to an activating group) is 1. The maximum absolute atomic E-state index is 12.7. The monoisotopic (exact) mass is 1150 g/mol. The van der Waals surface area contributed by atoms with Crippen LogP contribution in [-0.4, -0.2) is 145 Å². The molecule has 0 saturated carbocycles. The van der Waals surface area contributed by atoms with Gasteiger partial charge in [-0.15, -0.1) is 0 Å². The van der Waals surface area contributed by atoms with E-state index in [4.69, 9.17) is 14.2 Å².